The Morgan fingerprint density at radius 2 is 2.00 bits per heavy atom. The van der Waals surface area contributed by atoms with Crippen LogP contribution in [0.25, 0.3) is 0 Å². The van der Waals surface area contributed by atoms with Gasteiger partial charge in [0.1, 0.15) is 0 Å². The van der Waals surface area contributed by atoms with Crippen LogP contribution in [0.1, 0.15) is 37.2 Å². The Balaban J connectivity index is 2.51. The first-order valence-electron chi connectivity index (χ1n) is 6.18. The van der Waals surface area contributed by atoms with E-state index in [1.807, 2.05) is 18.7 Å². The number of aryl methyl sites for hydroxylation is 2. The number of aliphatic hydroxyl groups excluding tert-OH is 1. The third-order valence-electron chi connectivity index (χ3n) is 3.35. The van der Waals surface area contributed by atoms with Crippen LogP contribution in [0, 0.1) is 19.3 Å². The van der Waals surface area contributed by atoms with Crippen LogP contribution in [0.2, 0.25) is 0 Å². The summed E-state index contributed by atoms with van der Waals surface area (Å²) in [6.45, 7) is 10.5. The van der Waals surface area contributed by atoms with Gasteiger partial charge in [-0.3, -0.25) is 4.68 Å². The molecule has 0 aliphatic rings. The van der Waals surface area contributed by atoms with Crippen molar-refractivity contribution in [3.05, 3.63) is 17.0 Å². The third-order valence-corrected chi connectivity index (χ3v) is 3.35. The van der Waals surface area contributed by atoms with Gasteiger partial charge >= 0.3 is 0 Å². The zero-order valence-electron chi connectivity index (χ0n) is 11.7. The highest BCUT2D eigenvalue weighted by Crippen LogP contribution is 2.19. The van der Waals surface area contributed by atoms with Crippen LogP contribution < -0.4 is 5.32 Å². The normalized spacial score (nSPS) is 12.1. The van der Waals surface area contributed by atoms with E-state index < -0.39 is 0 Å². The summed E-state index contributed by atoms with van der Waals surface area (Å²) in [4.78, 5) is 0. The second kappa shape index (κ2) is 5.65. The van der Waals surface area contributed by atoms with Gasteiger partial charge in [0.2, 0.25) is 0 Å². The molecule has 4 nitrogen and oxygen atoms in total. The Labute approximate surface area is 104 Å². The van der Waals surface area contributed by atoms with E-state index in [9.17, 15) is 0 Å². The van der Waals surface area contributed by atoms with Crippen LogP contribution in [0.15, 0.2) is 0 Å². The van der Waals surface area contributed by atoms with Gasteiger partial charge in [0.05, 0.1) is 5.69 Å². The Hall–Kier alpha value is -0.870. The van der Waals surface area contributed by atoms with Gasteiger partial charge in [-0.1, -0.05) is 13.8 Å². The monoisotopic (exact) mass is 239 g/mol. The molecule has 1 aromatic heterocycles. The van der Waals surface area contributed by atoms with E-state index in [-0.39, 0.29) is 12.0 Å². The van der Waals surface area contributed by atoms with E-state index in [0.29, 0.717) is 0 Å². The fraction of sp³-hybridized carbons (Fsp3) is 0.769. The predicted octanol–water partition coefficient (Wildman–Crippen LogP) is 1.54. The Morgan fingerprint density at radius 3 is 2.47 bits per heavy atom. The van der Waals surface area contributed by atoms with Gasteiger partial charge in [0.25, 0.3) is 0 Å². The number of hydrogen-bond donors (Lipinski definition) is 2. The fourth-order valence-electron chi connectivity index (χ4n) is 1.99. The molecule has 2 N–H and O–H groups in total. The fourth-order valence-corrected chi connectivity index (χ4v) is 1.99. The molecule has 0 amide bonds. The molecule has 0 bridgehead atoms. The number of aliphatic hydroxyl groups is 1. The second-order valence-electron chi connectivity index (χ2n) is 5.51. The molecular weight excluding hydrogens is 214 g/mol. The Morgan fingerprint density at radius 1 is 1.35 bits per heavy atom. The number of rotatable bonds is 6. The molecule has 0 spiro atoms. The van der Waals surface area contributed by atoms with Crippen LogP contribution in [0.5, 0.6) is 0 Å². The zero-order chi connectivity index (χ0) is 13.1. The maximum absolute atomic E-state index is 8.97. The minimum absolute atomic E-state index is 0.138. The van der Waals surface area contributed by atoms with Crippen LogP contribution in [0.4, 0.5) is 0 Å². The van der Waals surface area contributed by atoms with E-state index in [2.05, 4.69) is 31.2 Å². The average molecular weight is 239 g/mol. The molecule has 0 aliphatic carbocycles. The lowest BCUT2D eigenvalue weighted by Crippen LogP contribution is -2.30. The van der Waals surface area contributed by atoms with Gasteiger partial charge in [0.15, 0.2) is 0 Å². The number of aromatic nitrogens is 2. The minimum Gasteiger partial charge on any atom is -0.396 e. The highest BCUT2D eigenvalue weighted by molar-refractivity contribution is 5.23. The quantitative estimate of drug-likeness (QED) is 0.791. The zero-order valence-corrected chi connectivity index (χ0v) is 11.7. The van der Waals surface area contributed by atoms with Crippen LogP contribution in [-0.2, 0) is 13.6 Å². The summed E-state index contributed by atoms with van der Waals surface area (Å²) in [5.41, 5.74) is 3.73. The third kappa shape index (κ3) is 3.82. The van der Waals surface area contributed by atoms with E-state index in [4.69, 9.17) is 5.11 Å². The van der Waals surface area contributed by atoms with Gasteiger partial charge in [-0.2, -0.15) is 5.10 Å². The van der Waals surface area contributed by atoms with Crippen molar-refractivity contribution in [2.24, 2.45) is 12.5 Å². The van der Waals surface area contributed by atoms with Crippen molar-refractivity contribution in [2.45, 2.75) is 40.7 Å². The molecule has 0 atom stereocenters. The predicted molar refractivity (Wildman–Crippen MR) is 69.9 cm³/mol. The number of nitrogens with zero attached hydrogens (tertiary/aromatic N) is 2. The molecule has 1 rings (SSSR count). The lowest BCUT2D eigenvalue weighted by Gasteiger charge is -2.24. The molecule has 0 saturated heterocycles. The summed E-state index contributed by atoms with van der Waals surface area (Å²) >= 11 is 0. The van der Waals surface area contributed by atoms with Crippen molar-refractivity contribution in [1.82, 2.24) is 15.1 Å². The Bertz CT molecular complexity index is 369. The first-order valence-corrected chi connectivity index (χ1v) is 6.18. The summed E-state index contributed by atoms with van der Waals surface area (Å²) in [6.07, 6.45) is 0.824. The highest BCUT2D eigenvalue weighted by Gasteiger charge is 2.17. The summed E-state index contributed by atoms with van der Waals surface area (Å²) in [5, 5.41) is 16.8. The van der Waals surface area contributed by atoms with Crippen LogP contribution in [-0.4, -0.2) is 28.0 Å². The first kappa shape index (κ1) is 14.2. The van der Waals surface area contributed by atoms with Gasteiger partial charge in [-0.05, 0) is 25.7 Å². The summed E-state index contributed by atoms with van der Waals surface area (Å²) in [7, 11) is 1.97. The van der Waals surface area contributed by atoms with Crippen molar-refractivity contribution in [2.75, 3.05) is 13.2 Å². The smallest absolute Gasteiger partial charge is 0.0641 e. The largest absolute Gasteiger partial charge is 0.396 e. The SMILES string of the molecule is Cc1nn(C)c(C)c1CNCC(C)(C)CCO. The maximum atomic E-state index is 8.97. The summed E-state index contributed by atoms with van der Waals surface area (Å²) in [6, 6.07) is 0. The van der Waals surface area contributed by atoms with Crippen LogP contribution in [0.3, 0.4) is 0 Å². The van der Waals surface area contributed by atoms with E-state index in [1.165, 1.54) is 11.3 Å². The molecule has 17 heavy (non-hydrogen) atoms. The van der Waals surface area contributed by atoms with Gasteiger partial charge < -0.3 is 10.4 Å². The minimum atomic E-state index is 0.138. The van der Waals surface area contributed by atoms with Crippen molar-refractivity contribution < 1.29 is 5.11 Å². The molecule has 4 heteroatoms. The average Bonchev–Trinajstić information content (AvgIpc) is 2.44. The molecule has 0 aromatic carbocycles. The Kier molecular flexibility index (Phi) is 4.71. The molecule has 0 fully saturated rings. The van der Waals surface area contributed by atoms with Crippen molar-refractivity contribution in [1.29, 1.82) is 0 Å². The lowest BCUT2D eigenvalue weighted by atomic mass is 9.90. The molecule has 0 unspecified atom stereocenters. The molecule has 0 radical (unpaired) electrons. The van der Waals surface area contributed by atoms with E-state index in [1.54, 1.807) is 0 Å². The van der Waals surface area contributed by atoms with Crippen molar-refractivity contribution in [3.63, 3.8) is 0 Å². The van der Waals surface area contributed by atoms with Gasteiger partial charge in [-0.15, -0.1) is 0 Å². The molecule has 98 valence electrons. The number of hydrogen-bond acceptors (Lipinski definition) is 3. The topological polar surface area (TPSA) is 50.1 Å². The van der Waals surface area contributed by atoms with Gasteiger partial charge in [-0.25, -0.2) is 0 Å². The van der Waals surface area contributed by atoms with Gasteiger partial charge in [0, 0.05) is 38.0 Å². The summed E-state index contributed by atoms with van der Waals surface area (Å²) in [5.74, 6) is 0. The summed E-state index contributed by atoms with van der Waals surface area (Å²) < 4.78 is 1.92. The lowest BCUT2D eigenvalue weighted by molar-refractivity contribution is 0.207. The molecule has 1 aromatic rings. The molecule has 0 aliphatic heterocycles. The van der Waals surface area contributed by atoms with E-state index >= 15 is 0 Å². The van der Waals surface area contributed by atoms with Crippen molar-refractivity contribution >= 4 is 0 Å². The number of nitrogens with one attached hydrogen (secondary N) is 1. The molecular formula is C13H25N3O. The molecule has 1 heterocycles. The molecule has 0 saturated carbocycles. The highest BCUT2D eigenvalue weighted by atomic mass is 16.3. The standard InChI is InChI=1S/C13H25N3O/c1-10-12(11(2)16(5)15-10)8-14-9-13(3,4)6-7-17/h14,17H,6-9H2,1-5H3. The first-order chi connectivity index (χ1) is 7.87. The second-order valence-corrected chi connectivity index (χ2v) is 5.51. The van der Waals surface area contributed by atoms with Crippen LogP contribution >= 0.6 is 0 Å². The van der Waals surface area contributed by atoms with Crippen molar-refractivity contribution in [3.8, 4) is 0 Å². The van der Waals surface area contributed by atoms with E-state index in [0.717, 1.165) is 25.2 Å². The maximum Gasteiger partial charge on any atom is 0.0641 e.